The van der Waals surface area contributed by atoms with Crippen LogP contribution in [0.1, 0.15) is 72.0 Å². The van der Waals surface area contributed by atoms with Crippen LogP contribution in [-0.4, -0.2) is 29.5 Å². The summed E-state index contributed by atoms with van der Waals surface area (Å²) in [5, 5.41) is 22.4. The molecule has 2 aromatic carbocycles. The lowest BCUT2D eigenvalue weighted by molar-refractivity contribution is 0.0878. The number of para-hydroxylation sites is 1. The van der Waals surface area contributed by atoms with Gasteiger partial charge in [0.1, 0.15) is 0 Å². The van der Waals surface area contributed by atoms with Gasteiger partial charge >= 0.3 is 7.12 Å². The third-order valence-electron chi connectivity index (χ3n) is 7.65. The van der Waals surface area contributed by atoms with Crippen LogP contribution in [0, 0.1) is 11.8 Å². The zero-order valence-corrected chi connectivity index (χ0v) is 19.0. The molecule has 1 heterocycles. The Balaban J connectivity index is 1.45. The molecular formula is C26H35BN2O3. The van der Waals surface area contributed by atoms with Crippen molar-refractivity contribution in [1.82, 2.24) is 0 Å². The van der Waals surface area contributed by atoms with Gasteiger partial charge in [-0.15, -0.1) is 0 Å². The predicted molar refractivity (Wildman–Crippen MR) is 130 cm³/mol. The molecule has 1 aliphatic heterocycles. The van der Waals surface area contributed by atoms with Crippen molar-refractivity contribution in [1.29, 1.82) is 0 Å². The number of hydrogen-bond acceptors (Lipinski definition) is 5. The molecule has 5 N–H and O–H groups in total. The number of nitrogens with two attached hydrogens (primary N) is 1. The minimum absolute atomic E-state index is 0.0291. The minimum Gasteiger partial charge on any atom is -0.427 e. The van der Waals surface area contributed by atoms with E-state index in [1.54, 1.807) is 0 Å². The number of benzene rings is 2. The van der Waals surface area contributed by atoms with Gasteiger partial charge in [-0.25, -0.2) is 0 Å². The number of ketones is 1. The Bertz CT molecular complexity index is 948. The van der Waals surface area contributed by atoms with E-state index in [0.717, 1.165) is 42.5 Å². The molecule has 4 atom stereocenters. The Labute approximate surface area is 191 Å². The van der Waals surface area contributed by atoms with Crippen LogP contribution in [0.2, 0.25) is 5.82 Å². The highest BCUT2D eigenvalue weighted by atomic mass is 16.4. The Kier molecular flexibility index (Phi) is 7.34. The number of carbonyl (C=O) groups is 1. The summed E-state index contributed by atoms with van der Waals surface area (Å²) < 4.78 is 0. The fourth-order valence-corrected chi connectivity index (χ4v) is 5.58. The van der Waals surface area contributed by atoms with Crippen molar-refractivity contribution in [3.63, 3.8) is 0 Å². The summed E-state index contributed by atoms with van der Waals surface area (Å²) in [6.07, 6.45) is 6.13. The molecule has 5 nitrogen and oxygen atoms in total. The van der Waals surface area contributed by atoms with Gasteiger partial charge in [-0.2, -0.15) is 0 Å². The van der Waals surface area contributed by atoms with Crippen molar-refractivity contribution in [3.05, 3.63) is 64.7 Å². The first-order valence-corrected chi connectivity index (χ1v) is 12.0. The van der Waals surface area contributed by atoms with Crippen LogP contribution < -0.4 is 11.1 Å². The van der Waals surface area contributed by atoms with E-state index >= 15 is 0 Å². The Morgan fingerprint density at radius 1 is 1.16 bits per heavy atom. The molecule has 2 aromatic rings. The first kappa shape index (κ1) is 23.0. The second kappa shape index (κ2) is 10.2. The third kappa shape index (κ3) is 4.93. The molecule has 0 spiro atoms. The molecule has 0 saturated heterocycles. The van der Waals surface area contributed by atoms with Crippen molar-refractivity contribution in [2.24, 2.45) is 17.6 Å². The van der Waals surface area contributed by atoms with E-state index in [-0.39, 0.29) is 17.5 Å². The molecule has 0 amide bonds. The van der Waals surface area contributed by atoms with Crippen molar-refractivity contribution in [2.45, 2.75) is 63.7 Å². The molecule has 4 unspecified atom stereocenters. The van der Waals surface area contributed by atoms with Gasteiger partial charge in [-0.3, -0.25) is 4.79 Å². The molecule has 1 saturated carbocycles. The fourth-order valence-electron chi connectivity index (χ4n) is 5.58. The van der Waals surface area contributed by atoms with Crippen molar-refractivity contribution in [3.8, 4) is 0 Å². The maximum absolute atomic E-state index is 13.5. The largest absolute Gasteiger partial charge is 0.456 e. The lowest BCUT2D eigenvalue weighted by Crippen LogP contribution is -2.32. The molecule has 1 aliphatic carbocycles. The summed E-state index contributed by atoms with van der Waals surface area (Å²) >= 11 is 0. The van der Waals surface area contributed by atoms with Gasteiger partial charge in [0.15, 0.2) is 5.78 Å². The molecule has 0 bridgehead atoms. The SMILES string of the molecule is CC(C(=O)c1cccc2c1NCC(B(O)O)C2)C1CCCC(c2cccc(CN)c2)CC1. The van der Waals surface area contributed by atoms with E-state index in [9.17, 15) is 14.8 Å². The van der Waals surface area contributed by atoms with Crippen LogP contribution in [-0.2, 0) is 13.0 Å². The zero-order chi connectivity index (χ0) is 22.7. The summed E-state index contributed by atoms with van der Waals surface area (Å²) in [7, 11) is -1.35. The molecule has 0 aromatic heterocycles. The number of fused-ring (bicyclic) bond motifs is 1. The van der Waals surface area contributed by atoms with Gasteiger partial charge in [0.25, 0.3) is 0 Å². The van der Waals surface area contributed by atoms with E-state index in [1.807, 2.05) is 18.2 Å². The van der Waals surface area contributed by atoms with E-state index in [2.05, 4.69) is 36.5 Å². The van der Waals surface area contributed by atoms with Crippen LogP contribution in [0.3, 0.4) is 0 Å². The van der Waals surface area contributed by atoms with Gasteiger partial charge in [0.05, 0.1) is 0 Å². The van der Waals surface area contributed by atoms with Gasteiger partial charge in [-0.05, 0) is 66.7 Å². The topological polar surface area (TPSA) is 95.6 Å². The zero-order valence-electron chi connectivity index (χ0n) is 19.0. The summed E-state index contributed by atoms with van der Waals surface area (Å²) in [4.78, 5) is 13.5. The van der Waals surface area contributed by atoms with Crippen LogP contribution in [0.4, 0.5) is 5.69 Å². The number of rotatable bonds is 6. The highest BCUT2D eigenvalue weighted by molar-refractivity contribution is 6.43. The number of nitrogens with one attached hydrogen (secondary N) is 1. The second-order valence-corrected chi connectivity index (χ2v) is 9.67. The number of hydrogen-bond donors (Lipinski definition) is 4. The van der Waals surface area contributed by atoms with E-state index in [0.29, 0.717) is 31.3 Å². The van der Waals surface area contributed by atoms with Crippen LogP contribution in [0.5, 0.6) is 0 Å². The van der Waals surface area contributed by atoms with Crippen LogP contribution in [0.25, 0.3) is 0 Å². The summed E-state index contributed by atoms with van der Waals surface area (Å²) in [5.41, 5.74) is 11.0. The molecule has 6 heteroatoms. The highest BCUT2D eigenvalue weighted by Crippen LogP contribution is 2.39. The normalized spacial score (nSPS) is 24.1. The van der Waals surface area contributed by atoms with Crippen LogP contribution >= 0.6 is 0 Å². The first-order valence-electron chi connectivity index (χ1n) is 12.0. The molecule has 1 fully saturated rings. The Morgan fingerprint density at radius 2 is 1.97 bits per heavy atom. The van der Waals surface area contributed by atoms with E-state index in [4.69, 9.17) is 5.73 Å². The number of carbonyl (C=O) groups excluding carboxylic acids is 1. The molecule has 4 rings (SSSR count). The Morgan fingerprint density at radius 3 is 2.75 bits per heavy atom. The summed E-state index contributed by atoms with van der Waals surface area (Å²) in [5.74, 6) is 0.852. The van der Waals surface area contributed by atoms with Crippen molar-refractivity contribution < 1.29 is 14.8 Å². The molecule has 170 valence electrons. The highest BCUT2D eigenvalue weighted by Gasteiger charge is 2.33. The standard InChI is InChI=1S/C26H35BN2O3/c1-17(19-6-3-7-20(12-11-19)21-8-2-5-18(13-21)15-28)26(30)24-10-4-9-22-14-23(27(31)32)16-29-25(22)24/h2,4-5,8-10,13,17,19-20,23,29,31-32H,3,6-7,11-12,14-16,28H2,1H3. The molecular weight excluding hydrogens is 399 g/mol. The molecule has 32 heavy (non-hydrogen) atoms. The quantitative estimate of drug-likeness (QED) is 0.311. The average molecular weight is 434 g/mol. The van der Waals surface area contributed by atoms with Crippen LogP contribution in [0.15, 0.2) is 42.5 Å². The summed E-state index contributed by atoms with van der Waals surface area (Å²) in [6, 6.07) is 14.5. The predicted octanol–water partition coefficient (Wildman–Crippen LogP) is 4.14. The number of anilines is 1. The van der Waals surface area contributed by atoms with E-state index in [1.165, 1.54) is 17.5 Å². The van der Waals surface area contributed by atoms with E-state index < -0.39 is 7.12 Å². The van der Waals surface area contributed by atoms with Crippen molar-refractivity contribution in [2.75, 3.05) is 11.9 Å². The number of Topliss-reactive ketones (excluding diaryl/α,β-unsaturated/α-hetero) is 1. The van der Waals surface area contributed by atoms with Gasteiger partial charge in [0, 0.05) is 36.1 Å². The minimum atomic E-state index is -1.35. The van der Waals surface area contributed by atoms with Gasteiger partial charge in [0.2, 0.25) is 0 Å². The molecule has 2 aliphatic rings. The first-order chi connectivity index (χ1) is 15.5. The molecule has 0 radical (unpaired) electrons. The Hall–Kier alpha value is -2.15. The third-order valence-corrected chi connectivity index (χ3v) is 7.65. The maximum Gasteiger partial charge on any atom is 0.456 e. The summed E-state index contributed by atoms with van der Waals surface area (Å²) in [6.45, 7) is 3.13. The average Bonchev–Trinajstić information content (AvgIpc) is 3.08. The second-order valence-electron chi connectivity index (χ2n) is 9.67. The van der Waals surface area contributed by atoms with Crippen molar-refractivity contribution >= 4 is 18.6 Å². The monoisotopic (exact) mass is 434 g/mol. The maximum atomic E-state index is 13.5. The smallest absolute Gasteiger partial charge is 0.427 e. The lowest BCUT2D eigenvalue weighted by Gasteiger charge is -2.29. The lowest BCUT2D eigenvalue weighted by atomic mass is 9.67. The van der Waals surface area contributed by atoms with Gasteiger partial charge in [-0.1, -0.05) is 49.7 Å². The fraction of sp³-hybridized carbons (Fsp3) is 0.500. The van der Waals surface area contributed by atoms with Gasteiger partial charge < -0.3 is 21.1 Å².